The molecule has 2 aromatic carbocycles. The number of carbonyl (C=O) groups is 1. The van der Waals surface area contributed by atoms with Crippen LogP contribution in [0.2, 0.25) is 0 Å². The van der Waals surface area contributed by atoms with E-state index in [-0.39, 0.29) is 5.78 Å². The number of aryl methyl sites for hydroxylation is 2. The second-order valence-electron chi connectivity index (χ2n) is 6.36. The fourth-order valence-corrected chi connectivity index (χ4v) is 3.12. The summed E-state index contributed by atoms with van der Waals surface area (Å²) in [6.07, 6.45) is 3.65. The van der Waals surface area contributed by atoms with E-state index in [0.717, 1.165) is 37.3 Å². The quantitative estimate of drug-likeness (QED) is 0.632. The summed E-state index contributed by atoms with van der Waals surface area (Å²) in [5.74, 6) is 0.0815. The van der Waals surface area contributed by atoms with Crippen molar-refractivity contribution in [3.8, 4) is 0 Å². The lowest BCUT2D eigenvalue weighted by Crippen LogP contribution is -2.44. The van der Waals surface area contributed by atoms with Crippen molar-refractivity contribution in [1.82, 2.24) is 4.90 Å². The summed E-state index contributed by atoms with van der Waals surface area (Å²) < 4.78 is 0. The number of allylic oxidation sites excluding steroid dienone is 1. The molecule has 0 aliphatic carbocycles. The van der Waals surface area contributed by atoms with Crippen LogP contribution in [0.5, 0.6) is 0 Å². The van der Waals surface area contributed by atoms with Crippen LogP contribution in [-0.2, 0) is 0 Å². The molecule has 0 radical (unpaired) electrons. The first kappa shape index (κ1) is 16.3. The maximum absolute atomic E-state index is 12.4. The van der Waals surface area contributed by atoms with Crippen LogP contribution in [0, 0.1) is 13.8 Å². The van der Waals surface area contributed by atoms with Gasteiger partial charge in [-0.15, -0.1) is 0 Å². The fourth-order valence-electron chi connectivity index (χ4n) is 3.12. The van der Waals surface area contributed by atoms with Crippen LogP contribution in [0.25, 0.3) is 0 Å². The Balaban J connectivity index is 1.57. The first-order valence-electron chi connectivity index (χ1n) is 8.47. The zero-order valence-electron chi connectivity index (χ0n) is 14.4. The van der Waals surface area contributed by atoms with E-state index in [1.165, 1.54) is 11.3 Å². The molecule has 3 nitrogen and oxygen atoms in total. The number of nitrogens with zero attached hydrogens (tertiary/aromatic N) is 2. The lowest BCUT2D eigenvalue weighted by molar-refractivity contribution is 0.104. The van der Waals surface area contributed by atoms with E-state index in [0.29, 0.717) is 0 Å². The fraction of sp³-hybridized carbons (Fsp3) is 0.286. The zero-order valence-corrected chi connectivity index (χ0v) is 14.4. The molecule has 0 aromatic heterocycles. The Hall–Kier alpha value is -2.55. The van der Waals surface area contributed by atoms with Crippen LogP contribution in [0.1, 0.15) is 21.5 Å². The summed E-state index contributed by atoms with van der Waals surface area (Å²) >= 11 is 0. The third-order valence-electron chi connectivity index (χ3n) is 4.52. The molecule has 0 bridgehead atoms. The summed E-state index contributed by atoms with van der Waals surface area (Å²) in [6.45, 7) is 7.87. The number of piperazine rings is 1. The van der Waals surface area contributed by atoms with Gasteiger partial charge in [-0.2, -0.15) is 0 Å². The molecular formula is C21H24N2O. The van der Waals surface area contributed by atoms with Gasteiger partial charge in [0.25, 0.3) is 0 Å². The molecule has 0 spiro atoms. The van der Waals surface area contributed by atoms with Gasteiger partial charge in [-0.1, -0.05) is 42.0 Å². The molecule has 1 aliphatic heterocycles. The number of hydrogen-bond acceptors (Lipinski definition) is 3. The number of carbonyl (C=O) groups excluding carboxylic acids is 1. The molecular weight excluding hydrogens is 296 g/mol. The Morgan fingerprint density at radius 3 is 2.33 bits per heavy atom. The predicted octanol–water partition coefficient (Wildman–Crippen LogP) is 3.82. The van der Waals surface area contributed by atoms with Crippen LogP contribution in [0.15, 0.2) is 60.8 Å². The molecule has 24 heavy (non-hydrogen) atoms. The van der Waals surface area contributed by atoms with E-state index >= 15 is 0 Å². The van der Waals surface area contributed by atoms with Gasteiger partial charge in [0, 0.05) is 49.7 Å². The molecule has 3 heteroatoms. The summed E-state index contributed by atoms with van der Waals surface area (Å²) in [4.78, 5) is 17.0. The number of hydrogen-bond donors (Lipinski definition) is 0. The number of benzene rings is 2. The Labute approximate surface area is 144 Å². The van der Waals surface area contributed by atoms with Gasteiger partial charge in [0.05, 0.1) is 0 Å². The first-order chi connectivity index (χ1) is 11.6. The van der Waals surface area contributed by atoms with E-state index in [2.05, 4.69) is 40.1 Å². The minimum Gasteiger partial charge on any atom is -0.374 e. The van der Waals surface area contributed by atoms with Gasteiger partial charge >= 0.3 is 0 Å². The van der Waals surface area contributed by atoms with Crippen LogP contribution < -0.4 is 4.90 Å². The maximum Gasteiger partial charge on any atom is 0.187 e. The van der Waals surface area contributed by atoms with Crippen molar-refractivity contribution in [3.63, 3.8) is 0 Å². The van der Waals surface area contributed by atoms with Crippen molar-refractivity contribution in [2.45, 2.75) is 13.8 Å². The molecule has 0 atom stereocenters. The minimum absolute atomic E-state index is 0.0815. The Morgan fingerprint density at radius 1 is 0.958 bits per heavy atom. The third kappa shape index (κ3) is 3.85. The largest absolute Gasteiger partial charge is 0.374 e. The van der Waals surface area contributed by atoms with Crippen LogP contribution in [0.4, 0.5) is 5.69 Å². The summed E-state index contributed by atoms with van der Waals surface area (Å²) in [5, 5.41) is 0. The Morgan fingerprint density at radius 2 is 1.67 bits per heavy atom. The highest BCUT2D eigenvalue weighted by Gasteiger charge is 2.15. The summed E-state index contributed by atoms with van der Waals surface area (Å²) in [5.41, 5.74) is 4.29. The smallest absolute Gasteiger partial charge is 0.187 e. The summed E-state index contributed by atoms with van der Waals surface area (Å²) in [7, 11) is 0. The van der Waals surface area contributed by atoms with Crippen molar-refractivity contribution < 1.29 is 4.79 Å². The predicted molar refractivity (Wildman–Crippen MR) is 99.6 cm³/mol. The highest BCUT2D eigenvalue weighted by Crippen LogP contribution is 2.16. The molecule has 0 unspecified atom stereocenters. The van der Waals surface area contributed by atoms with Crippen LogP contribution in [-0.4, -0.2) is 36.9 Å². The summed E-state index contributed by atoms with van der Waals surface area (Å²) in [6, 6.07) is 16.5. The van der Waals surface area contributed by atoms with Crippen molar-refractivity contribution in [2.75, 3.05) is 31.1 Å². The highest BCUT2D eigenvalue weighted by atomic mass is 16.1. The van der Waals surface area contributed by atoms with Gasteiger partial charge in [-0.3, -0.25) is 4.79 Å². The SMILES string of the molecule is Cc1ccc(C(=O)/C=C/N2CCN(c3ccccc3)CC2)c(C)c1. The van der Waals surface area contributed by atoms with Gasteiger partial charge in [0.15, 0.2) is 5.78 Å². The van der Waals surface area contributed by atoms with Crippen molar-refractivity contribution >= 4 is 11.5 Å². The van der Waals surface area contributed by atoms with E-state index in [1.807, 2.05) is 38.2 Å². The molecule has 3 rings (SSSR count). The normalized spacial score (nSPS) is 15.1. The molecule has 124 valence electrons. The Bertz CT molecular complexity index is 729. The average Bonchev–Trinajstić information content (AvgIpc) is 2.61. The standard InChI is InChI=1S/C21H24N2O/c1-17-8-9-20(18(2)16-17)21(24)10-11-22-12-14-23(15-13-22)19-6-4-3-5-7-19/h3-11,16H,12-15H2,1-2H3/b11-10+. The van der Waals surface area contributed by atoms with Gasteiger partial charge in [-0.25, -0.2) is 0 Å². The zero-order chi connectivity index (χ0) is 16.9. The van der Waals surface area contributed by atoms with Crippen molar-refractivity contribution in [3.05, 3.63) is 77.5 Å². The van der Waals surface area contributed by atoms with Crippen molar-refractivity contribution in [1.29, 1.82) is 0 Å². The molecule has 2 aromatic rings. The monoisotopic (exact) mass is 320 g/mol. The second kappa shape index (κ2) is 7.35. The minimum atomic E-state index is 0.0815. The Kier molecular flexibility index (Phi) is 4.99. The van der Waals surface area contributed by atoms with Crippen LogP contribution in [0.3, 0.4) is 0 Å². The third-order valence-corrected chi connectivity index (χ3v) is 4.52. The highest BCUT2D eigenvalue weighted by molar-refractivity contribution is 6.05. The molecule has 0 amide bonds. The average molecular weight is 320 g/mol. The van der Waals surface area contributed by atoms with E-state index in [9.17, 15) is 4.79 Å². The maximum atomic E-state index is 12.4. The molecule has 0 saturated carbocycles. The lowest BCUT2D eigenvalue weighted by Gasteiger charge is -2.35. The van der Waals surface area contributed by atoms with Gasteiger partial charge in [-0.05, 0) is 31.5 Å². The molecule has 0 N–H and O–H groups in total. The topological polar surface area (TPSA) is 23.6 Å². The number of anilines is 1. The van der Waals surface area contributed by atoms with E-state index < -0.39 is 0 Å². The number of rotatable bonds is 4. The molecule has 1 aliphatic rings. The van der Waals surface area contributed by atoms with E-state index in [4.69, 9.17) is 0 Å². The molecule has 1 fully saturated rings. The number of para-hydroxylation sites is 1. The lowest BCUT2D eigenvalue weighted by atomic mass is 10.0. The van der Waals surface area contributed by atoms with Gasteiger partial charge in [0.1, 0.15) is 0 Å². The van der Waals surface area contributed by atoms with Gasteiger partial charge < -0.3 is 9.80 Å². The molecule has 1 heterocycles. The first-order valence-corrected chi connectivity index (χ1v) is 8.47. The van der Waals surface area contributed by atoms with Gasteiger partial charge in [0.2, 0.25) is 0 Å². The second-order valence-corrected chi connectivity index (χ2v) is 6.36. The molecule has 1 saturated heterocycles. The van der Waals surface area contributed by atoms with Crippen molar-refractivity contribution in [2.24, 2.45) is 0 Å². The number of ketones is 1. The van der Waals surface area contributed by atoms with E-state index in [1.54, 1.807) is 6.08 Å². The van der Waals surface area contributed by atoms with Crippen LogP contribution >= 0.6 is 0 Å².